The van der Waals surface area contributed by atoms with Gasteiger partial charge in [-0.05, 0) is 78.9 Å². The van der Waals surface area contributed by atoms with Gasteiger partial charge in [-0.25, -0.2) is 13.6 Å². The molecule has 0 saturated heterocycles. The Kier molecular flexibility index (Phi) is 2.69. The van der Waals surface area contributed by atoms with Crippen LogP contribution < -0.4 is 5.14 Å². The summed E-state index contributed by atoms with van der Waals surface area (Å²) in [7, 11) is -3.59. The third-order valence-electron chi connectivity index (χ3n) is 6.15. The minimum Gasteiger partial charge on any atom is -0.225 e. The highest BCUT2D eigenvalue weighted by atomic mass is 32.2. The fraction of sp³-hybridized carbons (Fsp3) is 0.647. The maximum Gasteiger partial charge on any atom is 0.238 e. The molecule has 1 aromatic carbocycles. The Labute approximate surface area is 127 Å². The van der Waals surface area contributed by atoms with Crippen LogP contribution in [0.4, 0.5) is 0 Å². The van der Waals surface area contributed by atoms with Crippen LogP contribution >= 0.6 is 0 Å². The van der Waals surface area contributed by atoms with E-state index in [2.05, 4.69) is 6.92 Å². The molecule has 1 aromatic rings. The van der Waals surface area contributed by atoms with E-state index < -0.39 is 10.0 Å². The first-order chi connectivity index (χ1) is 9.78. The van der Waals surface area contributed by atoms with E-state index in [0.717, 1.165) is 11.8 Å². The summed E-state index contributed by atoms with van der Waals surface area (Å²) in [4.78, 5) is 0.224. The lowest BCUT2D eigenvalue weighted by Crippen LogP contribution is -2.52. The first-order valence-electron chi connectivity index (χ1n) is 7.92. The number of sulfonamides is 1. The average molecular weight is 305 g/mol. The van der Waals surface area contributed by atoms with Crippen LogP contribution in [0, 0.1) is 17.3 Å². The molecule has 4 fully saturated rings. The summed E-state index contributed by atoms with van der Waals surface area (Å²) >= 11 is 0. The van der Waals surface area contributed by atoms with Crippen LogP contribution in [0.1, 0.15) is 51.0 Å². The number of nitrogens with two attached hydrogens (primary N) is 1. The zero-order valence-corrected chi connectivity index (χ0v) is 13.3. The van der Waals surface area contributed by atoms with Crippen LogP contribution in [0.5, 0.6) is 0 Å². The van der Waals surface area contributed by atoms with Crippen molar-refractivity contribution in [2.24, 2.45) is 22.4 Å². The quantitative estimate of drug-likeness (QED) is 0.912. The molecule has 21 heavy (non-hydrogen) atoms. The summed E-state index contributed by atoms with van der Waals surface area (Å²) in [6.45, 7) is 2.46. The zero-order chi connectivity index (χ0) is 14.9. The van der Waals surface area contributed by atoms with Crippen molar-refractivity contribution in [1.82, 2.24) is 0 Å². The van der Waals surface area contributed by atoms with Crippen LogP contribution in [-0.2, 0) is 15.4 Å². The second kappa shape index (κ2) is 4.11. The molecule has 3 nitrogen and oxygen atoms in total. The van der Waals surface area contributed by atoms with Gasteiger partial charge in [0, 0.05) is 0 Å². The highest BCUT2D eigenvalue weighted by Gasteiger charge is 2.56. The summed E-state index contributed by atoms with van der Waals surface area (Å²) in [5.74, 6) is 1.74. The lowest BCUT2D eigenvalue weighted by atomic mass is 9.43. The number of hydrogen-bond acceptors (Lipinski definition) is 2. The van der Waals surface area contributed by atoms with Gasteiger partial charge in [-0.2, -0.15) is 0 Å². The molecule has 4 atom stereocenters. The Morgan fingerprint density at radius 3 is 2.10 bits per heavy atom. The summed E-state index contributed by atoms with van der Waals surface area (Å²) in [6, 6.07) is 7.39. The highest BCUT2D eigenvalue weighted by molar-refractivity contribution is 7.89. The fourth-order valence-electron chi connectivity index (χ4n) is 6.06. The summed E-state index contributed by atoms with van der Waals surface area (Å²) in [5, 5.41) is 5.21. The first kappa shape index (κ1) is 13.8. The molecule has 0 aliphatic heterocycles. The van der Waals surface area contributed by atoms with Crippen molar-refractivity contribution in [1.29, 1.82) is 0 Å². The lowest BCUT2D eigenvalue weighted by Gasteiger charge is -2.61. The molecule has 0 aromatic heterocycles. The normalized spacial score (nSPS) is 41.4. The van der Waals surface area contributed by atoms with E-state index in [0.29, 0.717) is 5.41 Å². The Morgan fingerprint density at radius 2 is 1.62 bits per heavy atom. The van der Waals surface area contributed by atoms with Crippen molar-refractivity contribution < 1.29 is 8.42 Å². The van der Waals surface area contributed by atoms with Crippen molar-refractivity contribution in [3.05, 3.63) is 29.8 Å². The molecule has 4 bridgehead atoms. The van der Waals surface area contributed by atoms with Gasteiger partial charge in [0.25, 0.3) is 0 Å². The number of primary sulfonamides is 1. The summed E-state index contributed by atoms with van der Waals surface area (Å²) in [5.41, 5.74) is 2.12. The van der Waals surface area contributed by atoms with Gasteiger partial charge in [-0.3, -0.25) is 0 Å². The van der Waals surface area contributed by atoms with Crippen LogP contribution in [0.3, 0.4) is 0 Å². The molecule has 5 rings (SSSR count). The maximum absolute atomic E-state index is 11.4. The standard InChI is InChI=1S/C17H23NO2S/c1-16-7-12-6-13(8-16)10-17(9-12,11-16)14-2-4-15(5-3-14)21(18,19)20/h2-5,12-13H,6-11H2,1H3,(H2,18,19,20)/t12-,13+,16?,17?. The predicted octanol–water partition coefficient (Wildman–Crippen LogP) is 3.19. The third kappa shape index (κ3) is 2.15. The second-order valence-corrected chi connectivity index (χ2v) is 9.68. The molecule has 0 heterocycles. The average Bonchev–Trinajstić information content (AvgIpc) is 2.35. The van der Waals surface area contributed by atoms with Crippen LogP contribution in [0.2, 0.25) is 0 Å². The molecule has 0 radical (unpaired) electrons. The zero-order valence-electron chi connectivity index (χ0n) is 12.5. The van der Waals surface area contributed by atoms with Gasteiger partial charge in [-0.15, -0.1) is 0 Å². The maximum atomic E-state index is 11.4. The number of rotatable bonds is 2. The minimum atomic E-state index is -3.59. The minimum absolute atomic E-state index is 0.224. The van der Waals surface area contributed by atoms with Crippen molar-refractivity contribution in [3.8, 4) is 0 Å². The van der Waals surface area contributed by atoms with Gasteiger partial charge in [0.1, 0.15) is 0 Å². The van der Waals surface area contributed by atoms with E-state index in [1.807, 2.05) is 12.1 Å². The Balaban J connectivity index is 1.73. The molecule has 4 saturated carbocycles. The molecule has 4 aliphatic carbocycles. The van der Waals surface area contributed by atoms with Crippen molar-refractivity contribution in [2.75, 3.05) is 0 Å². The Hall–Kier alpha value is -0.870. The molecule has 2 unspecified atom stereocenters. The van der Waals surface area contributed by atoms with Crippen LogP contribution in [0.25, 0.3) is 0 Å². The summed E-state index contributed by atoms with van der Waals surface area (Å²) in [6.07, 6.45) is 8.02. The Bertz CT molecular complexity index is 663. The van der Waals surface area contributed by atoms with E-state index in [4.69, 9.17) is 5.14 Å². The lowest BCUT2D eigenvalue weighted by molar-refractivity contribution is -0.0616. The molecule has 114 valence electrons. The highest BCUT2D eigenvalue weighted by Crippen LogP contribution is 2.65. The Morgan fingerprint density at radius 1 is 1.05 bits per heavy atom. The van der Waals surface area contributed by atoms with Gasteiger partial charge in [0.2, 0.25) is 10.0 Å². The molecule has 4 aliphatic rings. The van der Waals surface area contributed by atoms with E-state index in [1.54, 1.807) is 12.1 Å². The largest absolute Gasteiger partial charge is 0.238 e. The SMILES string of the molecule is CC12C[C@H]3C[C@@H](C1)CC(c1ccc(S(N)(=O)=O)cc1)(C3)C2. The van der Waals surface area contributed by atoms with E-state index in [9.17, 15) is 8.42 Å². The second-order valence-electron chi connectivity index (χ2n) is 8.12. The smallest absolute Gasteiger partial charge is 0.225 e. The van der Waals surface area contributed by atoms with Crippen molar-refractivity contribution >= 4 is 10.0 Å². The molecular formula is C17H23NO2S. The molecule has 0 amide bonds. The molecule has 0 spiro atoms. The summed E-state index contributed by atoms with van der Waals surface area (Å²) < 4.78 is 22.8. The fourth-order valence-corrected chi connectivity index (χ4v) is 6.57. The van der Waals surface area contributed by atoms with Crippen molar-refractivity contribution in [2.45, 2.75) is 55.8 Å². The number of hydrogen-bond donors (Lipinski definition) is 1. The predicted molar refractivity (Wildman–Crippen MR) is 82.3 cm³/mol. The van der Waals surface area contributed by atoms with Crippen LogP contribution in [0.15, 0.2) is 29.2 Å². The van der Waals surface area contributed by atoms with Crippen LogP contribution in [-0.4, -0.2) is 8.42 Å². The van der Waals surface area contributed by atoms with Gasteiger partial charge in [0.15, 0.2) is 0 Å². The van der Waals surface area contributed by atoms with E-state index in [1.165, 1.54) is 44.1 Å². The molecule has 2 N–H and O–H groups in total. The van der Waals surface area contributed by atoms with Gasteiger partial charge >= 0.3 is 0 Å². The van der Waals surface area contributed by atoms with Gasteiger partial charge in [0.05, 0.1) is 4.90 Å². The van der Waals surface area contributed by atoms with Crippen molar-refractivity contribution in [3.63, 3.8) is 0 Å². The van der Waals surface area contributed by atoms with E-state index >= 15 is 0 Å². The number of benzene rings is 1. The molecular weight excluding hydrogens is 282 g/mol. The first-order valence-corrected chi connectivity index (χ1v) is 9.46. The van der Waals surface area contributed by atoms with Gasteiger partial charge in [-0.1, -0.05) is 19.1 Å². The molecule has 4 heteroatoms. The third-order valence-corrected chi connectivity index (χ3v) is 7.08. The van der Waals surface area contributed by atoms with Gasteiger partial charge < -0.3 is 0 Å². The monoisotopic (exact) mass is 305 g/mol. The topological polar surface area (TPSA) is 60.2 Å². The van der Waals surface area contributed by atoms with E-state index in [-0.39, 0.29) is 10.3 Å².